The van der Waals surface area contributed by atoms with E-state index in [4.69, 9.17) is 27.6 Å². The van der Waals surface area contributed by atoms with E-state index in [2.05, 4.69) is 19.2 Å². The molecule has 2 heterocycles. The molecular formula is C14H17Cl2NOS. The Hall–Kier alpha value is -0.480. The van der Waals surface area contributed by atoms with Gasteiger partial charge in [-0.05, 0) is 31.2 Å². The van der Waals surface area contributed by atoms with Crippen molar-refractivity contribution in [3.8, 4) is 0 Å². The second-order valence-electron chi connectivity index (χ2n) is 4.32. The highest BCUT2D eigenvalue weighted by atomic mass is 35.5. The first-order valence-corrected chi connectivity index (χ1v) is 7.99. The van der Waals surface area contributed by atoms with E-state index < -0.39 is 0 Å². The number of hydrogen-bond donors (Lipinski definition) is 1. The van der Waals surface area contributed by atoms with Gasteiger partial charge in [0, 0.05) is 12.0 Å². The summed E-state index contributed by atoms with van der Waals surface area (Å²) >= 11 is 13.7. The summed E-state index contributed by atoms with van der Waals surface area (Å²) in [4.78, 5) is 0. The largest absolute Gasteiger partial charge is 0.464 e. The predicted octanol–water partition coefficient (Wildman–Crippen LogP) is 5.30. The zero-order valence-corrected chi connectivity index (χ0v) is 13.3. The van der Waals surface area contributed by atoms with Crippen LogP contribution >= 0.6 is 34.5 Å². The van der Waals surface area contributed by atoms with Crippen molar-refractivity contribution < 1.29 is 4.42 Å². The van der Waals surface area contributed by atoms with Crippen LogP contribution in [0.2, 0.25) is 8.67 Å². The third-order valence-corrected chi connectivity index (χ3v) is 4.43. The van der Waals surface area contributed by atoms with Gasteiger partial charge in [-0.2, -0.15) is 0 Å². The van der Waals surface area contributed by atoms with Crippen LogP contribution < -0.4 is 5.32 Å². The van der Waals surface area contributed by atoms with Crippen LogP contribution in [0.1, 0.15) is 43.4 Å². The van der Waals surface area contributed by atoms with Crippen molar-refractivity contribution in [3.05, 3.63) is 44.0 Å². The molecular weight excluding hydrogens is 301 g/mol. The topological polar surface area (TPSA) is 25.2 Å². The highest BCUT2D eigenvalue weighted by Crippen LogP contribution is 2.37. The summed E-state index contributed by atoms with van der Waals surface area (Å²) in [6.07, 6.45) is 1.94. The van der Waals surface area contributed by atoms with Gasteiger partial charge >= 0.3 is 0 Å². The number of halogens is 2. The van der Waals surface area contributed by atoms with Gasteiger partial charge in [-0.15, -0.1) is 11.3 Å². The molecule has 0 aliphatic carbocycles. The average molecular weight is 318 g/mol. The number of furan rings is 1. The Bertz CT molecular complexity index is 535. The fourth-order valence-corrected chi connectivity index (χ4v) is 3.47. The highest BCUT2D eigenvalue weighted by molar-refractivity contribution is 7.20. The molecule has 2 rings (SSSR count). The Morgan fingerprint density at radius 1 is 1.32 bits per heavy atom. The third-order valence-electron chi connectivity index (χ3n) is 2.91. The van der Waals surface area contributed by atoms with E-state index in [-0.39, 0.29) is 6.04 Å². The molecule has 0 saturated heterocycles. The van der Waals surface area contributed by atoms with Gasteiger partial charge < -0.3 is 9.73 Å². The molecule has 0 aromatic carbocycles. The quantitative estimate of drug-likeness (QED) is 0.782. The first kappa shape index (κ1) is 14.9. The van der Waals surface area contributed by atoms with Crippen LogP contribution in [0.3, 0.4) is 0 Å². The van der Waals surface area contributed by atoms with Gasteiger partial charge in [0.1, 0.15) is 11.5 Å². The van der Waals surface area contributed by atoms with Crippen molar-refractivity contribution in [3.63, 3.8) is 0 Å². The van der Waals surface area contributed by atoms with E-state index in [0.717, 1.165) is 36.5 Å². The molecule has 5 heteroatoms. The van der Waals surface area contributed by atoms with E-state index in [1.165, 1.54) is 11.3 Å². The monoisotopic (exact) mass is 317 g/mol. The van der Waals surface area contributed by atoms with Gasteiger partial charge in [0.05, 0.1) is 14.7 Å². The summed E-state index contributed by atoms with van der Waals surface area (Å²) in [6.45, 7) is 5.11. The van der Waals surface area contributed by atoms with Gasteiger partial charge in [-0.1, -0.05) is 37.0 Å². The summed E-state index contributed by atoms with van der Waals surface area (Å²) in [6, 6.07) is 5.90. The molecule has 2 aromatic heterocycles. The Morgan fingerprint density at radius 3 is 2.63 bits per heavy atom. The lowest BCUT2D eigenvalue weighted by Gasteiger charge is -2.15. The van der Waals surface area contributed by atoms with E-state index in [1.807, 2.05) is 18.2 Å². The first-order valence-electron chi connectivity index (χ1n) is 6.42. The molecule has 0 amide bonds. The lowest BCUT2D eigenvalue weighted by molar-refractivity contribution is 0.422. The van der Waals surface area contributed by atoms with Crippen molar-refractivity contribution in [2.45, 2.75) is 32.7 Å². The number of nitrogens with one attached hydrogen (secondary N) is 1. The van der Waals surface area contributed by atoms with Crippen molar-refractivity contribution in [1.82, 2.24) is 5.32 Å². The van der Waals surface area contributed by atoms with Crippen LogP contribution in [-0.2, 0) is 6.42 Å². The Labute approximate surface area is 127 Å². The third kappa shape index (κ3) is 3.54. The van der Waals surface area contributed by atoms with Crippen molar-refractivity contribution in [2.75, 3.05) is 6.54 Å². The molecule has 0 spiro atoms. The maximum Gasteiger partial charge on any atom is 0.125 e. The molecule has 0 fully saturated rings. The standard InChI is InChI=1S/C14H17Cl2NOS/c1-3-7-17-13(10-8-12(15)19-14(10)16)11-6-5-9(4-2)18-11/h5-6,8,13,17H,3-4,7H2,1-2H3. The molecule has 19 heavy (non-hydrogen) atoms. The molecule has 0 aliphatic heterocycles. The fraction of sp³-hybridized carbons (Fsp3) is 0.429. The number of hydrogen-bond acceptors (Lipinski definition) is 3. The Morgan fingerprint density at radius 2 is 2.11 bits per heavy atom. The molecule has 1 atom stereocenters. The van der Waals surface area contributed by atoms with Crippen LogP contribution in [-0.4, -0.2) is 6.54 Å². The molecule has 1 unspecified atom stereocenters. The van der Waals surface area contributed by atoms with E-state index >= 15 is 0 Å². The molecule has 104 valence electrons. The summed E-state index contributed by atoms with van der Waals surface area (Å²) in [7, 11) is 0. The molecule has 0 aliphatic rings. The SMILES string of the molecule is CCCNC(c1ccc(CC)o1)c1cc(Cl)sc1Cl. The van der Waals surface area contributed by atoms with Crippen LogP contribution in [0.25, 0.3) is 0 Å². The number of rotatable bonds is 6. The van der Waals surface area contributed by atoms with Gasteiger partial charge in [0.25, 0.3) is 0 Å². The van der Waals surface area contributed by atoms with Crippen molar-refractivity contribution >= 4 is 34.5 Å². The minimum atomic E-state index is -0.0310. The second kappa shape index (κ2) is 6.80. The summed E-state index contributed by atoms with van der Waals surface area (Å²) in [5.41, 5.74) is 0.988. The minimum Gasteiger partial charge on any atom is -0.464 e. The molecule has 2 nitrogen and oxygen atoms in total. The van der Waals surface area contributed by atoms with E-state index in [0.29, 0.717) is 8.67 Å². The number of aryl methyl sites for hydroxylation is 1. The Balaban J connectivity index is 2.32. The van der Waals surface area contributed by atoms with E-state index in [1.54, 1.807) is 0 Å². The zero-order valence-electron chi connectivity index (χ0n) is 11.0. The van der Waals surface area contributed by atoms with Crippen LogP contribution in [0.5, 0.6) is 0 Å². The molecule has 0 radical (unpaired) electrons. The van der Waals surface area contributed by atoms with Gasteiger partial charge in [-0.3, -0.25) is 0 Å². The lowest BCUT2D eigenvalue weighted by Crippen LogP contribution is -2.22. The molecule has 1 N–H and O–H groups in total. The smallest absolute Gasteiger partial charge is 0.125 e. The maximum atomic E-state index is 6.26. The van der Waals surface area contributed by atoms with Gasteiger partial charge in [0.2, 0.25) is 0 Å². The minimum absolute atomic E-state index is 0.0310. The zero-order chi connectivity index (χ0) is 13.8. The maximum absolute atomic E-state index is 6.26. The van der Waals surface area contributed by atoms with E-state index in [9.17, 15) is 0 Å². The van der Waals surface area contributed by atoms with Crippen LogP contribution in [0.4, 0.5) is 0 Å². The Kier molecular flexibility index (Phi) is 5.34. The predicted molar refractivity (Wildman–Crippen MR) is 82.6 cm³/mol. The van der Waals surface area contributed by atoms with Crippen LogP contribution in [0, 0.1) is 0 Å². The lowest BCUT2D eigenvalue weighted by atomic mass is 10.1. The summed E-state index contributed by atoms with van der Waals surface area (Å²) < 4.78 is 7.27. The second-order valence-corrected chi connectivity index (χ2v) is 6.61. The van der Waals surface area contributed by atoms with Crippen molar-refractivity contribution in [2.24, 2.45) is 0 Å². The van der Waals surface area contributed by atoms with Crippen LogP contribution in [0.15, 0.2) is 22.6 Å². The average Bonchev–Trinajstić information content (AvgIpc) is 2.97. The summed E-state index contributed by atoms with van der Waals surface area (Å²) in [5, 5.41) is 3.46. The fourth-order valence-electron chi connectivity index (χ4n) is 1.94. The van der Waals surface area contributed by atoms with Gasteiger partial charge in [0.15, 0.2) is 0 Å². The summed E-state index contributed by atoms with van der Waals surface area (Å²) in [5.74, 6) is 1.87. The first-order chi connectivity index (χ1) is 9.15. The van der Waals surface area contributed by atoms with Gasteiger partial charge in [-0.25, -0.2) is 0 Å². The normalized spacial score (nSPS) is 12.8. The van der Waals surface area contributed by atoms with Crippen molar-refractivity contribution in [1.29, 1.82) is 0 Å². The highest BCUT2D eigenvalue weighted by Gasteiger charge is 2.21. The molecule has 2 aromatic rings. The molecule has 0 bridgehead atoms. The molecule has 0 saturated carbocycles. The number of thiophene rings is 1.